The van der Waals surface area contributed by atoms with Crippen molar-refractivity contribution in [1.29, 1.82) is 0 Å². The Morgan fingerprint density at radius 3 is 2.10 bits per heavy atom. The van der Waals surface area contributed by atoms with E-state index in [1.807, 2.05) is 42.7 Å². The first-order chi connectivity index (χ1) is 22.7. The monoisotopic (exact) mass is 799 g/mol. The van der Waals surface area contributed by atoms with Gasteiger partial charge in [0.25, 0.3) is 0 Å². The maximum Gasteiger partial charge on any atom is 0.0163 e. The Kier molecular flexibility index (Phi) is 9.30. The maximum atomic E-state index is 4.53. The zero-order chi connectivity index (χ0) is 32.6. The van der Waals surface area contributed by atoms with Crippen molar-refractivity contribution in [3.8, 4) is 44.8 Å². The second-order valence-corrected chi connectivity index (χ2v) is 13.8. The first-order valence-corrected chi connectivity index (χ1v) is 16.2. The molecule has 239 valence electrons. The third-order valence-electron chi connectivity index (χ3n) is 9.22. The van der Waals surface area contributed by atoms with Gasteiger partial charge < -0.3 is 9.97 Å². The molecule has 2 nitrogen and oxygen atoms in total. The van der Waals surface area contributed by atoms with Crippen LogP contribution in [0.5, 0.6) is 0 Å². The number of hydrogen-bond acceptors (Lipinski definition) is 2. The molecule has 0 spiro atoms. The number of nitrogens with zero attached hydrogens (tertiary/aromatic N) is 2. The van der Waals surface area contributed by atoms with Gasteiger partial charge in [-0.15, -0.1) is 64.7 Å². The van der Waals surface area contributed by atoms with Crippen molar-refractivity contribution in [2.24, 2.45) is 0 Å². The largest absolute Gasteiger partial charge is 0.305 e. The molecule has 1 aliphatic carbocycles. The average molecular weight is 799 g/mol. The van der Waals surface area contributed by atoms with Crippen molar-refractivity contribution in [3.63, 3.8) is 0 Å². The molecule has 7 aromatic rings. The molecule has 0 N–H and O–H groups in total. The molecule has 2 heterocycles. The summed E-state index contributed by atoms with van der Waals surface area (Å²) in [5, 5.41) is 2.65. The molecular weight excluding hydrogens is 761 g/mol. The van der Waals surface area contributed by atoms with Gasteiger partial charge in [-0.25, -0.2) is 0 Å². The Morgan fingerprint density at radius 1 is 0.604 bits per heavy atom. The minimum Gasteiger partial charge on any atom is -0.305 e. The van der Waals surface area contributed by atoms with Crippen LogP contribution in [0.4, 0.5) is 0 Å². The van der Waals surface area contributed by atoms with Crippen LogP contribution in [0.3, 0.4) is 0 Å². The van der Waals surface area contributed by atoms with Crippen LogP contribution in [0.1, 0.15) is 51.3 Å². The number of aromatic nitrogens is 2. The molecule has 0 saturated carbocycles. The molecule has 0 saturated heterocycles. The number of benzene rings is 5. The second kappa shape index (κ2) is 13.4. The molecule has 0 unspecified atom stereocenters. The van der Waals surface area contributed by atoms with Crippen molar-refractivity contribution in [2.45, 2.75) is 45.4 Å². The third kappa shape index (κ3) is 6.41. The molecule has 0 fully saturated rings. The molecule has 3 heteroatoms. The van der Waals surface area contributed by atoms with Crippen LogP contribution >= 0.6 is 0 Å². The molecule has 0 amide bonds. The van der Waals surface area contributed by atoms with Crippen molar-refractivity contribution in [2.75, 3.05) is 0 Å². The normalized spacial score (nSPS) is 12.7. The van der Waals surface area contributed by atoms with Crippen molar-refractivity contribution in [1.82, 2.24) is 9.97 Å². The summed E-state index contributed by atoms with van der Waals surface area (Å²) in [6, 6.07) is 51.3. The Hall–Kier alpha value is -4.69. The Balaban J connectivity index is 0.000000165. The second-order valence-electron chi connectivity index (χ2n) is 13.8. The predicted molar refractivity (Wildman–Crippen MR) is 196 cm³/mol. The van der Waals surface area contributed by atoms with Gasteiger partial charge in [-0.1, -0.05) is 125 Å². The van der Waals surface area contributed by atoms with Crippen LogP contribution in [0.25, 0.3) is 55.5 Å². The third-order valence-corrected chi connectivity index (χ3v) is 9.22. The summed E-state index contributed by atoms with van der Waals surface area (Å²) in [7, 11) is 0. The Morgan fingerprint density at radius 2 is 1.33 bits per heavy atom. The minimum atomic E-state index is -0.0231. The quantitative estimate of drug-likeness (QED) is 0.166. The molecular formula is C45H38IrN2-2. The smallest absolute Gasteiger partial charge is 0.0163 e. The van der Waals surface area contributed by atoms with E-state index in [2.05, 4.69) is 154 Å². The summed E-state index contributed by atoms with van der Waals surface area (Å²) >= 11 is 0. The van der Waals surface area contributed by atoms with Crippen LogP contribution in [0.15, 0.2) is 140 Å². The van der Waals surface area contributed by atoms with Gasteiger partial charge in [-0.3, -0.25) is 0 Å². The molecule has 48 heavy (non-hydrogen) atoms. The fourth-order valence-corrected chi connectivity index (χ4v) is 6.67. The molecule has 0 bridgehead atoms. The maximum absolute atomic E-state index is 4.53. The van der Waals surface area contributed by atoms with E-state index < -0.39 is 0 Å². The van der Waals surface area contributed by atoms with Crippen LogP contribution in [0.2, 0.25) is 0 Å². The summed E-state index contributed by atoms with van der Waals surface area (Å²) in [5.41, 5.74) is 13.2. The van der Waals surface area contributed by atoms with E-state index in [1.165, 1.54) is 49.7 Å². The molecule has 1 radical (unpaired) electrons. The summed E-state index contributed by atoms with van der Waals surface area (Å²) in [6.45, 7) is 11.3. The summed E-state index contributed by atoms with van der Waals surface area (Å²) in [5.74, 6) is 0. The van der Waals surface area contributed by atoms with Gasteiger partial charge in [-0.2, -0.15) is 0 Å². The summed E-state index contributed by atoms with van der Waals surface area (Å²) < 4.78 is 0. The molecule has 0 aliphatic heterocycles. The van der Waals surface area contributed by atoms with Gasteiger partial charge in [0.1, 0.15) is 0 Å². The number of rotatable bonds is 3. The zero-order valence-electron chi connectivity index (χ0n) is 28.0. The van der Waals surface area contributed by atoms with Gasteiger partial charge in [0, 0.05) is 32.5 Å². The zero-order valence-corrected chi connectivity index (χ0v) is 30.4. The fraction of sp³-hybridized carbons (Fsp3) is 0.156. The van der Waals surface area contributed by atoms with E-state index in [1.54, 1.807) is 0 Å². The number of hydrogen-bond donors (Lipinski definition) is 0. The van der Waals surface area contributed by atoms with E-state index in [4.69, 9.17) is 0 Å². The number of pyridine rings is 2. The van der Waals surface area contributed by atoms with Crippen molar-refractivity contribution in [3.05, 3.63) is 169 Å². The summed E-state index contributed by atoms with van der Waals surface area (Å²) in [6.07, 6.45) is 3.72. The Labute approximate surface area is 298 Å². The molecule has 5 aromatic carbocycles. The molecule has 8 rings (SSSR count). The molecule has 0 atom stereocenters. The van der Waals surface area contributed by atoms with E-state index in [0.29, 0.717) is 0 Å². The standard InChI is InChI=1S/C24H18N.C21H20N.Ir/c1-24(2)21-13-11-17(22-9-5-6-14-25-22)15-20(21)19-12-10-16-7-3-4-8-18(16)23(19)24;1-21(2,3)19-12-13-22-20(15-19)18-11-7-10-17(14-18)16-8-5-4-6-9-16;/h3-10,12-15H,1-2H3;4-10,12-15H,1-3H3;/q2*-1;. The van der Waals surface area contributed by atoms with E-state index in [9.17, 15) is 0 Å². The van der Waals surface area contributed by atoms with Gasteiger partial charge in [0.15, 0.2) is 0 Å². The summed E-state index contributed by atoms with van der Waals surface area (Å²) in [4.78, 5) is 9.01. The Bertz CT molecular complexity index is 2200. The van der Waals surface area contributed by atoms with Gasteiger partial charge in [-0.05, 0) is 67.4 Å². The topological polar surface area (TPSA) is 25.8 Å². The van der Waals surface area contributed by atoms with E-state index in [-0.39, 0.29) is 30.9 Å². The van der Waals surface area contributed by atoms with Crippen LogP contribution in [-0.4, -0.2) is 9.97 Å². The van der Waals surface area contributed by atoms with Crippen molar-refractivity contribution >= 4 is 10.8 Å². The van der Waals surface area contributed by atoms with Crippen molar-refractivity contribution < 1.29 is 20.1 Å². The van der Waals surface area contributed by atoms with E-state index in [0.717, 1.165) is 22.5 Å². The molecule has 2 aromatic heterocycles. The van der Waals surface area contributed by atoms with Gasteiger partial charge in [0.05, 0.1) is 0 Å². The van der Waals surface area contributed by atoms with Crippen LogP contribution in [-0.2, 0) is 30.9 Å². The first kappa shape index (κ1) is 33.2. The number of fused-ring (bicyclic) bond motifs is 5. The van der Waals surface area contributed by atoms with Gasteiger partial charge >= 0.3 is 0 Å². The average Bonchev–Trinajstić information content (AvgIpc) is 3.35. The fourth-order valence-electron chi connectivity index (χ4n) is 6.67. The van der Waals surface area contributed by atoms with E-state index >= 15 is 0 Å². The SMILES string of the molecule is CC(C)(C)c1ccnc(-c2[c-]ccc(-c3ccccc3)c2)c1.CC1(C)c2c[c-]c(-c3ccccn3)cc2-c2ccc3ccccc3c21.[Ir]. The molecule has 1 aliphatic rings. The predicted octanol–water partition coefficient (Wildman–Crippen LogP) is 11.5. The van der Waals surface area contributed by atoms with Crippen LogP contribution < -0.4 is 0 Å². The van der Waals surface area contributed by atoms with Crippen LogP contribution in [0, 0.1) is 12.1 Å². The minimum absolute atomic E-state index is 0. The first-order valence-electron chi connectivity index (χ1n) is 16.2. The van der Waals surface area contributed by atoms with Gasteiger partial charge in [0.2, 0.25) is 0 Å².